The van der Waals surface area contributed by atoms with Gasteiger partial charge in [0.25, 0.3) is 0 Å². The average Bonchev–Trinajstić information content (AvgIpc) is 2.27. The van der Waals surface area contributed by atoms with Gasteiger partial charge in [-0.15, -0.1) is 0 Å². The molecule has 0 heterocycles. The van der Waals surface area contributed by atoms with Gasteiger partial charge in [-0.05, 0) is 26.2 Å². The summed E-state index contributed by atoms with van der Waals surface area (Å²) in [5.41, 5.74) is 4.29. The van der Waals surface area contributed by atoms with Crippen LogP contribution in [0.4, 0.5) is 0 Å². The van der Waals surface area contributed by atoms with Gasteiger partial charge in [0.15, 0.2) is 0 Å². The molecular formula is C12H24N2O2. The number of carbonyl (C=O) groups is 1. The molecule has 1 fully saturated rings. The van der Waals surface area contributed by atoms with Crippen LogP contribution in [0.25, 0.3) is 0 Å². The van der Waals surface area contributed by atoms with Gasteiger partial charge in [-0.1, -0.05) is 26.2 Å². The SMILES string of the molecule is CCC(C)(N)C(=O)NCC1(O)CCCCC1. The maximum absolute atomic E-state index is 11.7. The van der Waals surface area contributed by atoms with E-state index in [2.05, 4.69) is 5.32 Å². The molecule has 0 aromatic heterocycles. The van der Waals surface area contributed by atoms with Crippen LogP contribution in [0.5, 0.6) is 0 Å². The first-order chi connectivity index (χ1) is 7.40. The fourth-order valence-corrected chi connectivity index (χ4v) is 1.99. The molecule has 4 nitrogen and oxygen atoms in total. The van der Waals surface area contributed by atoms with Gasteiger partial charge in [0.2, 0.25) is 5.91 Å². The lowest BCUT2D eigenvalue weighted by Crippen LogP contribution is -2.54. The minimum Gasteiger partial charge on any atom is -0.388 e. The number of nitrogens with two attached hydrogens (primary N) is 1. The molecule has 0 aliphatic heterocycles. The van der Waals surface area contributed by atoms with Gasteiger partial charge in [0.1, 0.15) is 0 Å². The second-order valence-corrected chi connectivity index (χ2v) is 5.24. The average molecular weight is 228 g/mol. The molecule has 0 aromatic rings. The van der Waals surface area contributed by atoms with E-state index in [1.54, 1.807) is 6.92 Å². The van der Waals surface area contributed by atoms with E-state index in [1.807, 2.05) is 6.92 Å². The molecule has 1 atom stereocenters. The summed E-state index contributed by atoms with van der Waals surface area (Å²) in [5, 5.41) is 13.0. The van der Waals surface area contributed by atoms with Crippen molar-refractivity contribution in [3.8, 4) is 0 Å². The molecule has 1 aliphatic rings. The molecular weight excluding hydrogens is 204 g/mol. The van der Waals surface area contributed by atoms with Crippen LogP contribution >= 0.6 is 0 Å². The van der Waals surface area contributed by atoms with Crippen molar-refractivity contribution in [1.82, 2.24) is 5.32 Å². The quantitative estimate of drug-likeness (QED) is 0.670. The molecule has 0 spiro atoms. The molecule has 0 aromatic carbocycles. The zero-order valence-corrected chi connectivity index (χ0v) is 10.4. The van der Waals surface area contributed by atoms with Crippen LogP contribution in [0, 0.1) is 0 Å². The lowest BCUT2D eigenvalue weighted by atomic mass is 9.84. The first-order valence-electron chi connectivity index (χ1n) is 6.19. The Morgan fingerprint density at radius 2 is 2.00 bits per heavy atom. The molecule has 0 radical (unpaired) electrons. The first-order valence-corrected chi connectivity index (χ1v) is 6.19. The van der Waals surface area contributed by atoms with Crippen LogP contribution in [-0.2, 0) is 4.79 Å². The Morgan fingerprint density at radius 3 is 2.50 bits per heavy atom. The monoisotopic (exact) mass is 228 g/mol. The summed E-state index contributed by atoms with van der Waals surface area (Å²) in [6, 6.07) is 0. The van der Waals surface area contributed by atoms with Gasteiger partial charge in [-0.2, -0.15) is 0 Å². The molecule has 1 unspecified atom stereocenters. The number of aliphatic hydroxyl groups is 1. The van der Waals surface area contributed by atoms with Crippen LogP contribution < -0.4 is 11.1 Å². The van der Waals surface area contributed by atoms with Gasteiger partial charge >= 0.3 is 0 Å². The van der Waals surface area contributed by atoms with E-state index in [-0.39, 0.29) is 5.91 Å². The highest BCUT2D eigenvalue weighted by atomic mass is 16.3. The Kier molecular flexibility index (Phi) is 4.33. The van der Waals surface area contributed by atoms with E-state index in [0.717, 1.165) is 25.7 Å². The van der Waals surface area contributed by atoms with Crippen molar-refractivity contribution in [3.05, 3.63) is 0 Å². The number of rotatable bonds is 4. The smallest absolute Gasteiger partial charge is 0.239 e. The van der Waals surface area contributed by atoms with Crippen molar-refractivity contribution in [1.29, 1.82) is 0 Å². The Hall–Kier alpha value is -0.610. The van der Waals surface area contributed by atoms with Gasteiger partial charge in [0, 0.05) is 6.54 Å². The zero-order chi connectivity index (χ0) is 12.2. The fourth-order valence-electron chi connectivity index (χ4n) is 1.99. The number of amides is 1. The fraction of sp³-hybridized carbons (Fsp3) is 0.917. The summed E-state index contributed by atoms with van der Waals surface area (Å²) in [5.74, 6) is -0.172. The van der Waals surface area contributed by atoms with Crippen LogP contribution in [0.1, 0.15) is 52.4 Å². The second-order valence-electron chi connectivity index (χ2n) is 5.24. The lowest BCUT2D eigenvalue weighted by Gasteiger charge is -2.33. The van der Waals surface area contributed by atoms with Crippen molar-refractivity contribution >= 4 is 5.91 Å². The molecule has 1 aliphatic carbocycles. The minimum absolute atomic E-state index is 0.172. The maximum Gasteiger partial charge on any atom is 0.239 e. The van der Waals surface area contributed by atoms with E-state index in [1.165, 1.54) is 6.42 Å². The third kappa shape index (κ3) is 3.46. The molecule has 4 N–H and O–H groups in total. The summed E-state index contributed by atoms with van der Waals surface area (Å²) < 4.78 is 0. The number of carbonyl (C=O) groups excluding carboxylic acids is 1. The predicted molar refractivity (Wildman–Crippen MR) is 63.9 cm³/mol. The van der Waals surface area contributed by atoms with E-state index >= 15 is 0 Å². The number of nitrogens with one attached hydrogen (secondary N) is 1. The van der Waals surface area contributed by atoms with Gasteiger partial charge in [-0.3, -0.25) is 4.79 Å². The minimum atomic E-state index is -0.828. The molecule has 0 saturated heterocycles. The third-order valence-corrected chi connectivity index (χ3v) is 3.62. The molecule has 4 heteroatoms. The Morgan fingerprint density at radius 1 is 1.44 bits per heavy atom. The molecule has 16 heavy (non-hydrogen) atoms. The topological polar surface area (TPSA) is 75.4 Å². The van der Waals surface area contributed by atoms with E-state index < -0.39 is 11.1 Å². The van der Waals surface area contributed by atoms with Crippen molar-refractivity contribution in [2.75, 3.05) is 6.54 Å². The van der Waals surface area contributed by atoms with Crippen molar-refractivity contribution in [2.24, 2.45) is 5.73 Å². The summed E-state index contributed by atoms with van der Waals surface area (Å²) >= 11 is 0. The van der Waals surface area contributed by atoms with Gasteiger partial charge in [-0.25, -0.2) is 0 Å². The highest BCUT2D eigenvalue weighted by Gasteiger charge is 2.32. The van der Waals surface area contributed by atoms with Crippen LogP contribution in [0.2, 0.25) is 0 Å². The Balaban J connectivity index is 2.41. The van der Waals surface area contributed by atoms with Gasteiger partial charge < -0.3 is 16.2 Å². The zero-order valence-electron chi connectivity index (χ0n) is 10.4. The molecule has 1 saturated carbocycles. The highest BCUT2D eigenvalue weighted by Crippen LogP contribution is 2.27. The first kappa shape index (κ1) is 13.5. The second kappa shape index (κ2) is 5.15. The van der Waals surface area contributed by atoms with Crippen molar-refractivity contribution in [2.45, 2.75) is 63.5 Å². The molecule has 94 valence electrons. The maximum atomic E-state index is 11.7. The van der Waals surface area contributed by atoms with E-state index in [4.69, 9.17) is 5.73 Å². The summed E-state index contributed by atoms with van der Waals surface area (Å²) in [7, 11) is 0. The van der Waals surface area contributed by atoms with E-state index in [0.29, 0.717) is 13.0 Å². The third-order valence-electron chi connectivity index (χ3n) is 3.62. The summed E-state index contributed by atoms with van der Waals surface area (Å²) in [4.78, 5) is 11.7. The van der Waals surface area contributed by atoms with Crippen LogP contribution in [-0.4, -0.2) is 28.7 Å². The normalized spacial score (nSPS) is 23.5. The van der Waals surface area contributed by atoms with Crippen molar-refractivity contribution < 1.29 is 9.90 Å². The standard InChI is InChI=1S/C12H24N2O2/c1-3-11(2,13)10(15)14-9-12(16)7-5-4-6-8-12/h16H,3-9,13H2,1-2H3,(H,14,15). The van der Waals surface area contributed by atoms with Crippen molar-refractivity contribution in [3.63, 3.8) is 0 Å². The predicted octanol–water partition coefficient (Wildman–Crippen LogP) is 0.925. The summed E-state index contributed by atoms with van der Waals surface area (Å²) in [6.45, 7) is 3.93. The largest absolute Gasteiger partial charge is 0.388 e. The molecule has 1 amide bonds. The summed E-state index contributed by atoms with van der Waals surface area (Å²) in [6.07, 6.45) is 5.42. The molecule has 0 bridgehead atoms. The van der Waals surface area contributed by atoms with Gasteiger partial charge in [0.05, 0.1) is 11.1 Å². The lowest BCUT2D eigenvalue weighted by molar-refractivity contribution is -0.127. The number of hydrogen-bond acceptors (Lipinski definition) is 3. The van der Waals surface area contributed by atoms with Crippen LogP contribution in [0.3, 0.4) is 0 Å². The van der Waals surface area contributed by atoms with Crippen LogP contribution in [0.15, 0.2) is 0 Å². The highest BCUT2D eigenvalue weighted by molar-refractivity contribution is 5.85. The van der Waals surface area contributed by atoms with E-state index in [9.17, 15) is 9.90 Å². The molecule has 1 rings (SSSR count). The Bertz CT molecular complexity index is 245. The Labute approximate surface area is 97.6 Å². The number of hydrogen-bond donors (Lipinski definition) is 3.